The van der Waals surface area contributed by atoms with Gasteiger partial charge in [-0.25, -0.2) is 0 Å². The van der Waals surface area contributed by atoms with Gasteiger partial charge in [0.2, 0.25) is 0 Å². The highest BCUT2D eigenvalue weighted by molar-refractivity contribution is 5.78. The molecule has 3 rings (SSSR count). The fourth-order valence-electron chi connectivity index (χ4n) is 1.88. The quantitative estimate of drug-likeness (QED) is 0.843. The topological polar surface area (TPSA) is 38.7 Å². The molecule has 18 heavy (non-hydrogen) atoms. The summed E-state index contributed by atoms with van der Waals surface area (Å²) < 4.78 is 34.9. The monoisotopic (exact) mass is 250 g/mol. The minimum Gasteiger partial charge on any atom is -0.507 e. The molecule has 0 saturated heterocycles. The van der Waals surface area contributed by atoms with E-state index in [0.29, 0.717) is 11.1 Å². The van der Waals surface area contributed by atoms with Crippen LogP contribution in [0.25, 0.3) is 11.1 Å². The second-order valence-electron chi connectivity index (χ2n) is 3.82. The van der Waals surface area contributed by atoms with Gasteiger partial charge in [-0.05, 0) is 12.1 Å². The Morgan fingerprint density at radius 1 is 0.889 bits per heavy atom. The lowest BCUT2D eigenvalue weighted by molar-refractivity contribution is -0.286. The summed E-state index contributed by atoms with van der Waals surface area (Å²) in [5.74, 6) is -0.116. The molecule has 0 atom stereocenters. The average Bonchev–Trinajstić information content (AvgIpc) is 2.63. The van der Waals surface area contributed by atoms with Crippen molar-refractivity contribution >= 4 is 0 Å². The molecule has 1 aliphatic heterocycles. The van der Waals surface area contributed by atoms with Gasteiger partial charge in [0, 0.05) is 11.1 Å². The highest BCUT2D eigenvalue weighted by Gasteiger charge is 2.44. The van der Waals surface area contributed by atoms with E-state index in [4.69, 9.17) is 0 Å². The number of alkyl halides is 2. The Balaban J connectivity index is 2.17. The summed E-state index contributed by atoms with van der Waals surface area (Å²) in [6.45, 7) is 0. The van der Waals surface area contributed by atoms with Crippen LogP contribution in [0.4, 0.5) is 8.78 Å². The molecule has 1 aliphatic rings. The molecular formula is C13H8F2O3. The lowest BCUT2D eigenvalue weighted by Gasteiger charge is -2.08. The second-order valence-corrected chi connectivity index (χ2v) is 3.82. The van der Waals surface area contributed by atoms with Crippen molar-refractivity contribution in [3.8, 4) is 28.4 Å². The Morgan fingerprint density at radius 3 is 2.39 bits per heavy atom. The van der Waals surface area contributed by atoms with E-state index in [0.717, 1.165) is 0 Å². The number of rotatable bonds is 1. The summed E-state index contributed by atoms with van der Waals surface area (Å²) in [4.78, 5) is 0. The van der Waals surface area contributed by atoms with Crippen molar-refractivity contribution in [3.05, 3.63) is 42.5 Å². The Labute approximate surface area is 101 Å². The van der Waals surface area contributed by atoms with E-state index >= 15 is 0 Å². The predicted molar refractivity (Wildman–Crippen MR) is 59.7 cm³/mol. The normalized spacial score (nSPS) is 15.7. The standard InChI is InChI=1S/C13H8F2O3/c14-13(15)17-11-7-3-5-9(12(11)18-13)8-4-1-2-6-10(8)16/h1-7,16H. The molecule has 0 aliphatic carbocycles. The van der Waals surface area contributed by atoms with E-state index in [1.54, 1.807) is 30.3 Å². The van der Waals surface area contributed by atoms with Gasteiger partial charge in [0.1, 0.15) is 5.75 Å². The molecule has 0 fully saturated rings. The van der Waals surface area contributed by atoms with Gasteiger partial charge in [0.15, 0.2) is 11.5 Å². The van der Waals surface area contributed by atoms with E-state index in [1.165, 1.54) is 12.1 Å². The summed E-state index contributed by atoms with van der Waals surface area (Å²) in [5.41, 5.74) is 0.776. The number of para-hydroxylation sites is 2. The van der Waals surface area contributed by atoms with Gasteiger partial charge in [-0.1, -0.05) is 30.3 Å². The Hall–Kier alpha value is -2.30. The lowest BCUT2D eigenvalue weighted by atomic mass is 10.0. The van der Waals surface area contributed by atoms with Crippen molar-refractivity contribution in [2.75, 3.05) is 0 Å². The molecule has 0 amide bonds. The summed E-state index contributed by atoms with van der Waals surface area (Å²) in [5, 5.41) is 9.74. The highest BCUT2D eigenvalue weighted by Crippen LogP contribution is 2.48. The van der Waals surface area contributed by atoms with Gasteiger partial charge in [0.05, 0.1) is 0 Å². The molecule has 0 aromatic heterocycles. The van der Waals surface area contributed by atoms with Crippen LogP contribution in [0.2, 0.25) is 0 Å². The fourth-order valence-corrected chi connectivity index (χ4v) is 1.88. The maximum atomic E-state index is 13.0. The van der Waals surface area contributed by atoms with E-state index < -0.39 is 6.29 Å². The van der Waals surface area contributed by atoms with Gasteiger partial charge < -0.3 is 14.6 Å². The van der Waals surface area contributed by atoms with Crippen molar-refractivity contribution in [1.29, 1.82) is 0 Å². The van der Waals surface area contributed by atoms with Crippen molar-refractivity contribution < 1.29 is 23.4 Å². The molecule has 0 unspecified atom stereocenters. The van der Waals surface area contributed by atoms with Crippen LogP contribution in [0.5, 0.6) is 17.2 Å². The molecule has 3 nitrogen and oxygen atoms in total. The van der Waals surface area contributed by atoms with Gasteiger partial charge in [-0.2, -0.15) is 0 Å². The largest absolute Gasteiger partial charge is 0.586 e. The molecule has 0 radical (unpaired) electrons. The minimum atomic E-state index is -3.66. The van der Waals surface area contributed by atoms with Gasteiger partial charge in [0.25, 0.3) is 0 Å². The average molecular weight is 250 g/mol. The molecule has 2 aromatic rings. The molecule has 2 aromatic carbocycles. The number of benzene rings is 2. The number of hydrogen-bond donors (Lipinski definition) is 1. The van der Waals surface area contributed by atoms with E-state index in [-0.39, 0.29) is 17.2 Å². The van der Waals surface area contributed by atoms with E-state index in [1.807, 2.05) is 0 Å². The zero-order valence-electron chi connectivity index (χ0n) is 9.06. The minimum absolute atomic E-state index is 0.00952. The first kappa shape index (κ1) is 10.8. The molecule has 92 valence electrons. The molecular weight excluding hydrogens is 242 g/mol. The predicted octanol–water partition coefficient (Wildman–Crippen LogP) is 3.38. The number of halogens is 2. The zero-order valence-corrected chi connectivity index (χ0v) is 9.06. The number of aromatic hydroxyl groups is 1. The van der Waals surface area contributed by atoms with Crippen LogP contribution in [-0.4, -0.2) is 11.4 Å². The maximum absolute atomic E-state index is 13.0. The third-order valence-corrected chi connectivity index (χ3v) is 2.62. The maximum Gasteiger partial charge on any atom is 0.586 e. The smallest absolute Gasteiger partial charge is 0.507 e. The molecule has 0 spiro atoms. The second kappa shape index (κ2) is 3.60. The van der Waals surface area contributed by atoms with Crippen LogP contribution in [0.15, 0.2) is 42.5 Å². The van der Waals surface area contributed by atoms with Crippen LogP contribution < -0.4 is 9.47 Å². The molecule has 0 bridgehead atoms. The van der Waals surface area contributed by atoms with Crippen LogP contribution in [0.1, 0.15) is 0 Å². The SMILES string of the molecule is Oc1ccccc1-c1cccc2c1OC(F)(F)O2. The van der Waals surface area contributed by atoms with E-state index in [9.17, 15) is 13.9 Å². The van der Waals surface area contributed by atoms with Crippen molar-refractivity contribution in [2.45, 2.75) is 6.29 Å². The van der Waals surface area contributed by atoms with Crippen molar-refractivity contribution in [2.24, 2.45) is 0 Å². The first-order chi connectivity index (χ1) is 8.57. The Kier molecular flexibility index (Phi) is 2.16. The molecule has 0 saturated carbocycles. The molecule has 1 N–H and O–H groups in total. The third-order valence-electron chi connectivity index (χ3n) is 2.62. The number of phenolic OH excluding ortho intramolecular Hbond substituents is 1. The molecule has 1 heterocycles. The van der Waals surface area contributed by atoms with E-state index in [2.05, 4.69) is 9.47 Å². The summed E-state index contributed by atoms with van der Waals surface area (Å²) in [7, 11) is 0. The van der Waals surface area contributed by atoms with Crippen molar-refractivity contribution in [3.63, 3.8) is 0 Å². The summed E-state index contributed by atoms with van der Waals surface area (Å²) >= 11 is 0. The highest BCUT2D eigenvalue weighted by atomic mass is 19.3. The van der Waals surface area contributed by atoms with Gasteiger partial charge in [-0.15, -0.1) is 8.78 Å². The first-order valence-electron chi connectivity index (χ1n) is 5.24. The van der Waals surface area contributed by atoms with Crippen LogP contribution >= 0.6 is 0 Å². The summed E-state index contributed by atoms with van der Waals surface area (Å²) in [6.07, 6.45) is -3.66. The lowest BCUT2D eigenvalue weighted by Crippen LogP contribution is -2.26. The first-order valence-corrected chi connectivity index (χ1v) is 5.24. The van der Waals surface area contributed by atoms with Crippen molar-refractivity contribution in [1.82, 2.24) is 0 Å². The molecule has 5 heteroatoms. The zero-order chi connectivity index (χ0) is 12.8. The Bertz CT molecular complexity index is 611. The summed E-state index contributed by atoms with van der Waals surface area (Å²) in [6, 6.07) is 11.0. The number of fused-ring (bicyclic) bond motifs is 1. The fraction of sp³-hybridized carbons (Fsp3) is 0.0769. The number of phenols is 1. The van der Waals surface area contributed by atoms with Crippen LogP contribution in [0, 0.1) is 0 Å². The van der Waals surface area contributed by atoms with Gasteiger partial charge in [-0.3, -0.25) is 0 Å². The Morgan fingerprint density at radius 2 is 1.61 bits per heavy atom. The number of hydrogen-bond acceptors (Lipinski definition) is 3. The van der Waals surface area contributed by atoms with Crippen LogP contribution in [-0.2, 0) is 0 Å². The van der Waals surface area contributed by atoms with Gasteiger partial charge >= 0.3 is 6.29 Å². The number of ether oxygens (including phenoxy) is 2. The van der Waals surface area contributed by atoms with Crippen LogP contribution in [0.3, 0.4) is 0 Å². The third kappa shape index (κ3) is 1.64.